The Kier molecular flexibility index (Phi) is 4.63. The summed E-state index contributed by atoms with van der Waals surface area (Å²) in [6.07, 6.45) is 1.84. The number of para-hydroxylation sites is 1. The highest BCUT2D eigenvalue weighted by atomic mass is 32.1. The molecular formula is C17H15N3O2S. The Balaban J connectivity index is 1.51. The van der Waals surface area contributed by atoms with Gasteiger partial charge in [0.05, 0.1) is 22.3 Å². The summed E-state index contributed by atoms with van der Waals surface area (Å²) in [5, 5.41) is 8.33. The van der Waals surface area contributed by atoms with Crippen molar-refractivity contribution in [3.8, 4) is 0 Å². The van der Waals surface area contributed by atoms with Crippen LogP contribution in [0.1, 0.15) is 16.1 Å². The zero-order chi connectivity index (χ0) is 16.1. The van der Waals surface area contributed by atoms with E-state index >= 15 is 0 Å². The van der Waals surface area contributed by atoms with E-state index in [2.05, 4.69) is 15.6 Å². The van der Waals surface area contributed by atoms with E-state index in [4.69, 9.17) is 0 Å². The van der Waals surface area contributed by atoms with Gasteiger partial charge >= 0.3 is 0 Å². The van der Waals surface area contributed by atoms with Crippen molar-refractivity contribution >= 4 is 39.7 Å². The van der Waals surface area contributed by atoms with Gasteiger partial charge in [0.1, 0.15) is 0 Å². The van der Waals surface area contributed by atoms with Gasteiger partial charge in [-0.1, -0.05) is 24.3 Å². The Hall–Kier alpha value is -2.73. The van der Waals surface area contributed by atoms with Gasteiger partial charge in [-0.25, -0.2) is 0 Å². The van der Waals surface area contributed by atoms with Gasteiger partial charge in [-0.2, -0.15) is 0 Å². The van der Waals surface area contributed by atoms with Crippen LogP contribution in [0.15, 0.2) is 54.0 Å². The second-order valence-corrected chi connectivity index (χ2v) is 5.90. The minimum Gasteiger partial charge on any atom is -0.351 e. The molecular weight excluding hydrogens is 310 g/mol. The molecule has 0 saturated carbocycles. The predicted molar refractivity (Wildman–Crippen MR) is 91.6 cm³/mol. The van der Waals surface area contributed by atoms with Gasteiger partial charge in [0, 0.05) is 18.4 Å². The molecule has 5 nitrogen and oxygen atoms in total. The molecule has 2 heterocycles. The van der Waals surface area contributed by atoms with Crippen LogP contribution in [0.25, 0.3) is 10.9 Å². The molecule has 2 aromatic heterocycles. The molecule has 0 spiro atoms. The third-order valence-corrected chi connectivity index (χ3v) is 4.13. The molecule has 2 amide bonds. The first-order chi connectivity index (χ1) is 11.2. The molecule has 0 aliphatic carbocycles. The summed E-state index contributed by atoms with van der Waals surface area (Å²) >= 11 is 1.37. The summed E-state index contributed by atoms with van der Waals surface area (Å²) in [6.45, 7) is 0.295. The predicted octanol–water partition coefficient (Wildman–Crippen LogP) is 3.05. The monoisotopic (exact) mass is 325 g/mol. The largest absolute Gasteiger partial charge is 0.351 e. The van der Waals surface area contributed by atoms with Crippen molar-refractivity contribution in [2.75, 3.05) is 11.9 Å². The Labute approximate surface area is 137 Å². The first kappa shape index (κ1) is 15.2. The van der Waals surface area contributed by atoms with Gasteiger partial charge in [-0.3, -0.25) is 14.6 Å². The maximum Gasteiger partial charge on any atom is 0.261 e. The third kappa shape index (κ3) is 3.92. The van der Waals surface area contributed by atoms with E-state index in [9.17, 15) is 9.59 Å². The molecule has 1 aromatic carbocycles. The number of aromatic nitrogens is 1. The number of anilines is 1. The van der Waals surface area contributed by atoms with E-state index in [1.54, 1.807) is 12.3 Å². The van der Waals surface area contributed by atoms with Gasteiger partial charge < -0.3 is 10.6 Å². The molecule has 6 heteroatoms. The maximum absolute atomic E-state index is 11.9. The topological polar surface area (TPSA) is 71.1 Å². The average molecular weight is 325 g/mol. The molecule has 116 valence electrons. The number of carbonyl (C=O) groups excluding carboxylic acids is 2. The molecule has 3 rings (SSSR count). The van der Waals surface area contributed by atoms with Crippen LogP contribution >= 0.6 is 11.3 Å². The third-order valence-electron chi connectivity index (χ3n) is 3.26. The van der Waals surface area contributed by atoms with E-state index in [1.165, 1.54) is 11.3 Å². The zero-order valence-corrected chi connectivity index (χ0v) is 13.1. The van der Waals surface area contributed by atoms with Crippen LogP contribution in [0.3, 0.4) is 0 Å². The highest BCUT2D eigenvalue weighted by molar-refractivity contribution is 7.12. The van der Waals surface area contributed by atoms with E-state index in [-0.39, 0.29) is 18.2 Å². The Morgan fingerprint density at radius 1 is 1.13 bits per heavy atom. The van der Waals surface area contributed by atoms with E-state index in [0.717, 1.165) is 10.9 Å². The van der Waals surface area contributed by atoms with Crippen LogP contribution in [-0.4, -0.2) is 23.3 Å². The molecule has 0 saturated heterocycles. The number of hydrogen-bond donors (Lipinski definition) is 2. The van der Waals surface area contributed by atoms with Gasteiger partial charge in [-0.05, 0) is 23.6 Å². The molecule has 0 unspecified atom stereocenters. The second kappa shape index (κ2) is 7.02. The molecule has 0 aliphatic rings. The number of benzene rings is 1. The van der Waals surface area contributed by atoms with Crippen molar-refractivity contribution in [2.45, 2.75) is 6.42 Å². The summed E-state index contributed by atoms with van der Waals surface area (Å²) in [4.78, 5) is 28.6. The fourth-order valence-corrected chi connectivity index (χ4v) is 2.79. The highest BCUT2D eigenvalue weighted by Gasteiger charge is 2.08. The lowest BCUT2D eigenvalue weighted by molar-refractivity contribution is -0.116. The van der Waals surface area contributed by atoms with Crippen molar-refractivity contribution < 1.29 is 9.59 Å². The SMILES string of the molecule is O=C(CCNC(=O)c1cccs1)Nc1cnc2ccccc2c1. The standard InChI is InChI=1S/C17H15N3O2S/c21-16(7-8-18-17(22)15-6-3-9-23-15)20-13-10-12-4-1-2-5-14(12)19-11-13/h1-6,9-11H,7-8H2,(H,18,22)(H,20,21). The highest BCUT2D eigenvalue weighted by Crippen LogP contribution is 2.16. The van der Waals surface area contributed by atoms with Gasteiger partial charge in [0.15, 0.2) is 0 Å². The number of thiophene rings is 1. The van der Waals surface area contributed by atoms with Gasteiger partial charge in [-0.15, -0.1) is 11.3 Å². The normalized spacial score (nSPS) is 10.4. The van der Waals surface area contributed by atoms with Gasteiger partial charge in [0.25, 0.3) is 5.91 Å². The van der Waals surface area contributed by atoms with Crippen LogP contribution in [-0.2, 0) is 4.79 Å². The smallest absolute Gasteiger partial charge is 0.261 e. The number of nitrogens with one attached hydrogen (secondary N) is 2. The van der Waals surface area contributed by atoms with Crippen molar-refractivity contribution in [1.82, 2.24) is 10.3 Å². The molecule has 0 fully saturated rings. The summed E-state index contributed by atoms with van der Waals surface area (Å²) in [6, 6.07) is 13.2. The zero-order valence-electron chi connectivity index (χ0n) is 12.3. The van der Waals surface area contributed by atoms with Crippen LogP contribution in [0.2, 0.25) is 0 Å². The lowest BCUT2D eigenvalue weighted by Crippen LogP contribution is -2.27. The number of rotatable bonds is 5. The molecule has 23 heavy (non-hydrogen) atoms. The quantitative estimate of drug-likeness (QED) is 0.757. The number of pyridine rings is 1. The molecule has 0 atom stereocenters. The molecule has 0 aliphatic heterocycles. The summed E-state index contributed by atoms with van der Waals surface area (Å²) < 4.78 is 0. The van der Waals surface area contributed by atoms with Crippen LogP contribution in [0, 0.1) is 0 Å². The molecule has 2 N–H and O–H groups in total. The van der Waals surface area contributed by atoms with E-state index in [1.807, 2.05) is 41.8 Å². The van der Waals surface area contributed by atoms with Crippen molar-refractivity contribution in [3.05, 3.63) is 58.9 Å². The van der Waals surface area contributed by atoms with E-state index < -0.39 is 0 Å². The summed E-state index contributed by atoms with van der Waals surface area (Å²) in [5.41, 5.74) is 1.53. The minimum atomic E-state index is -0.159. The molecule has 3 aromatic rings. The van der Waals surface area contributed by atoms with Crippen LogP contribution in [0.4, 0.5) is 5.69 Å². The van der Waals surface area contributed by atoms with E-state index in [0.29, 0.717) is 17.1 Å². The Morgan fingerprint density at radius 3 is 2.83 bits per heavy atom. The second-order valence-electron chi connectivity index (χ2n) is 4.95. The number of hydrogen-bond acceptors (Lipinski definition) is 4. The fraction of sp³-hybridized carbons (Fsp3) is 0.118. The van der Waals surface area contributed by atoms with Crippen molar-refractivity contribution in [2.24, 2.45) is 0 Å². The van der Waals surface area contributed by atoms with Gasteiger partial charge in [0.2, 0.25) is 5.91 Å². The molecule has 0 radical (unpaired) electrons. The number of carbonyl (C=O) groups is 2. The van der Waals surface area contributed by atoms with Crippen LogP contribution in [0.5, 0.6) is 0 Å². The fourth-order valence-electron chi connectivity index (χ4n) is 2.15. The lowest BCUT2D eigenvalue weighted by atomic mass is 10.2. The Morgan fingerprint density at radius 2 is 2.00 bits per heavy atom. The minimum absolute atomic E-state index is 0.153. The maximum atomic E-state index is 11.9. The Bertz CT molecular complexity index is 831. The number of nitrogens with zero attached hydrogens (tertiary/aromatic N) is 1. The first-order valence-electron chi connectivity index (χ1n) is 7.19. The van der Waals surface area contributed by atoms with Crippen LogP contribution < -0.4 is 10.6 Å². The van der Waals surface area contributed by atoms with Crippen molar-refractivity contribution in [3.63, 3.8) is 0 Å². The number of fused-ring (bicyclic) bond motifs is 1. The van der Waals surface area contributed by atoms with Crippen molar-refractivity contribution in [1.29, 1.82) is 0 Å². The average Bonchev–Trinajstić information content (AvgIpc) is 3.09. The summed E-state index contributed by atoms with van der Waals surface area (Å²) in [5.74, 6) is -0.311. The number of amides is 2. The lowest BCUT2D eigenvalue weighted by Gasteiger charge is -2.07. The first-order valence-corrected chi connectivity index (χ1v) is 8.07. The summed E-state index contributed by atoms with van der Waals surface area (Å²) in [7, 11) is 0. The molecule has 0 bridgehead atoms.